The van der Waals surface area contributed by atoms with Gasteiger partial charge in [0.05, 0.1) is 28.9 Å². The Bertz CT molecular complexity index is 2400. The van der Waals surface area contributed by atoms with Crippen LogP contribution in [-0.4, -0.2) is 14.4 Å². The molecule has 4 fully saturated rings. The third-order valence-electron chi connectivity index (χ3n) is 14.0. The second-order valence-electron chi connectivity index (χ2n) is 16.2. The molecular weight excluding hydrogens is 538 g/mol. The number of hydrogen-bond acceptors (Lipinski definition) is 3. The van der Waals surface area contributed by atoms with Crippen LogP contribution in [0.4, 0.5) is 0 Å². The molecule has 44 heavy (non-hydrogen) atoms. The fourth-order valence-corrected chi connectivity index (χ4v) is 13.0. The lowest BCUT2D eigenvalue weighted by Crippen LogP contribution is -2.25. The van der Waals surface area contributed by atoms with Crippen molar-refractivity contribution < 1.29 is 4.42 Å². The highest BCUT2D eigenvalue weighted by Crippen LogP contribution is 2.61. The van der Waals surface area contributed by atoms with Crippen LogP contribution in [0, 0.1) is 23.7 Å². The molecule has 0 radical (unpaired) electrons. The van der Waals surface area contributed by atoms with Gasteiger partial charge in [-0.3, -0.25) is 9.97 Å². The van der Waals surface area contributed by atoms with Crippen molar-refractivity contribution in [2.45, 2.75) is 87.9 Å². The summed E-state index contributed by atoms with van der Waals surface area (Å²) in [5.74, 6) is 6.04. The zero-order chi connectivity index (χ0) is 28.0. The van der Waals surface area contributed by atoms with Crippen LogP contribution in [0.15, 0.2) is 47.1 Å². The molecule has 8 aliphatic rings. The van der Waals surface area contributed by atoms with Gasteiger partial charge in [0, 0.05) is 55.5 Å². The quantitative estimate of drug-likeness (QED) is 0.181. The maximum absolute atomic E-state index is 6.78. The summed E-state index contributed by atoms with van der Waals surface area (Å²) in [5, 5.41) is 8.36. The second kappa shape index (κ2) is 7.41. The third kappa shape index (κ3) is 2.53. The van der Waals surface area contributed by atoms with Crippen LogP contribution in [0.1, 0.15) is 110 Å². The fraction of sp³-hybridized carbons (Fsp3) is 0.450. The van der Waals surface area contributed by atoms with Gasteiger partial charge in [-0.05, 0) is 123 Å². The summed E-state index contributed by atoms with van der Waals surface area (Å²) in [6.45, 7) is 0. The molecule has 0 N–H and O–H groups in total. The molecule has 2 aromatic carbocycles. The van der Waals surface area contributed by atoms with Crippen molar-refractivity contribution in [1.29, 1.82) is 0 Å². The molecule has 5 heterocycles. The van der Waals surface area contributed by atoms with E-state index in [1.54, 1.807) is 11.1 Å². The molecule has 216 valence electrons. The normalized spacial score (nSPS) is 33.5. The molecule has 8 aliphatic carbocycles. The number of fused-ring (bicyclic) bond motifs is 10. The topological polar surface area (TPSA) is 43.3 Å². The Balaban J connectivity index is 1.26. The van der Waals surface area contributed by atoms with E-state index in [-0.39, 0.29) is 0 Å². The number of rotatable bonds is 0. The Morgan fingerprint density at radius 3 is 1.77 bits per heavy atom. The van der Waals surface area contributed by atoms with Crippen LogP contribution in [0.25, 0.3) is 60.0 Å². The van der Waals surface area contributed by atoms with Gasteiger partial charge in [-0.1, -0.05) is 18.2 Å². The standard InChI is InChI=1S/C40H35N3O/c1-2-4-30-26(3-1)35-31(44-30)15-27-34-28(16-41-38-24-11-18-5-19(12-24)8-22(7-18)32(34)38)43-29-17-42-39-25-13-20-6-21(14-25)10-23(9-20)33(39)36(29)37(35)40(27)43/h1-4,15-25H,5-14H2. The Kier molecular flexibility index (Phi) is 3.84. The minimum absolute atomic E-state index is 0.627. The lowest BCUT2D eigenvalue weighted by molar-refractivity contribution is 0.165. The van der Waals surface area contributed by atoms with Crippen molar-refractivity contribution in [2.75, 3.05) is 0 Å². The molecule has 15 rings (SSSR count). The van der Waals surface area contributed by atoms with Crippen molar-refractivity contribution in [3.05, 3.63) is 65.2 Å². The predicted molar refractivity (Wildman–Crippen MR) is 175 cm³/mol. The molecular formula is C40H35N3O. The second-order valence-corrected chi connectivity index (χ2v) is 16.2. The Labute approximate surface area is 255 Å². The Morgan fingerprint density at radius 2 is 1.11 bits per heavy atom. The number of aromatic nitrogens is 3. The largest absolute Gasteiger partial charge is 0.456 e. The van der Waals surface area contributed by atoms with Crippen molar-refractivity contribution in [1.82, 2.24) is 14.4 Å². The maximum atomic E-state index is 6.78. The van der Waals surface area contributed by atoms with Gasteiger partial charge in [0.1, 0.15) is 11.2 Å². The highest BCUT2D eigenvalue weighted by atomic mass is 16.3. The summed E-state index contributed by atoms with van der Waals surface area (Å²) in [6.07, 6.45) is 18.2. The summed E-state index contributed by atoms with van der Waals surface area (Å²) >= 11 is 0. The van der Waals surface area contributed by atoms with E-state index < -0.39 is 0 Å². The van der Waals surface area contributed by atoms with Gasteiger partial charge < -0.3 is 8.82 Å². The number of para-hydroxylation sites is 1. The average Bonchev–Trinajstić information content (AvgIpc) is 3.59. The summed E-state index contributed by atoms with van der Waals surface area (Å²) in [7, 11) is 0. The number of furan rings is 1. The third-order valence-corrected chi connectivity index (χ3v) is 14.0. The van der Waals surface area contributed by atoms with Crippen molar-refractivity contribution in [3.8, 4) is 0 Å². The molecule has 0 saturated heterocycles. The Hall–Kier alpha value is -3.66. The summed E-state index contributed by atoms with van der Waals surface area (Å²) < 4.78 is 9.39. The van der Waals surface area contributed by atoms with Crippen molar-refractivity contribution in [2.24, 2.45) is 23.7 Å². The van der Waals surface area contributed by atoms with Crippen LogP contribution in [0.5, 0.6) is 0 Å². The van der Waals surface area contributed by atoms with Gasteiger partial charge >= 0.3 is 0 Å². The molecule has 5 aromatic heterocycles. The molecule has 4 saturated carbocycles. The molecule has 4 atom stereocenters. The lowest BCUT2D eigenvalue weighted by atomic mass is 9.67. The van der Waals surface area contributed by atoms with Crippen LogP contribution >= 0.6 is 0 Å². The minimum Gasteiger partial charge on any atom is -0.456 e. The fourth-order valence-electron chi connectivity index (χ4n) is 13.0. The SMILES string of the molecule is c1ccc2c(c1)oc1cc3c4c5c(ncc4n4c6cnc7c(c6c(c12)c34)C1CC2CC(CC7C2)C1)C1CC2CC(C1)CC5C2. The van der Waals surface area contributed by atoms with Crippen LogP contribution < -0.4 is 0 Å². The lowest BCUT2D eigenvalue weighted by Gasteiger charge is -2.38. The van der Waals surface area contributed by atoms with Gasteiger partial charge in [-0.15, -0.1) is 0 Å². The van der Waals surface area contributed by atoms with Gasteiger partial charge in [-0.2, -0.15) is 0 Å². The van der Waals surface area contributed by atoms with E-state index in [0.717, 1.165) is 34.8 Å². The van der Waals surface area contributed by atoms with E-state index in [1.807, 2.05) is 0 Å². The summed E-state index contributed by atoms with van der Waals surface area (Å²) in [4.78, 5) is 10.9. The molecule has 4 heteroatoms. The van der Waals surface area contributed by atoms with Crippen molar-refractivity contribution >= 4 is 60.0 Å². The molecule has 0 spiro atoms. The number of pyridine rings is 2. The highest BCUT2D eigenvalue weighted by Gasteiger charge is 2.46. The Morgan fingerprint density at radius 1 is 0.545 bits per heavy atom. The van der Waals surface area contributed by atoms with Crippen molar-refractivity contribution in [3.63, 3.8) is 0 Å². The van der Waals surface area contributed by atoms with E-state index in [4.69, 9.17) is 14.4 Å². The van der Waals surface area contributed by atoms with Gasteiger partial charge in [0.25, 0.3) is 0 Å². The smallest absolute Gasteiger partial charge is 0.136 e. The van der Waals surface area contributed by atoms with Crippen LogP contribution in [0.3, 0.4) is 0 Å². The van der Waals surface area contributed by atoms with E-state index in [0.29, 0.717) is 23.7 Å². The first-order chi connectivity index (χ1) is 21.7. The molecule has 0 aliphatic heterocycles. The zero-order valence-electron chi connectivity index (χ0n) is 25.0. The number of nitrogens with zero attached hydrogens (tertiary/aromatic N) is 3. The highest BCUT2D eigenvalue weighted by molar-refractivity contribution is 6.35. The first-order valence-electron chi connectivity index (χ1n) is 17.6. The van der Waals surface area contributed by atoms with E-state index >= 15 is 0 Å². The number of hydrogen-bond donors (Lipinski definition) is 0. The monoisotopic (exact) mass is 573 g/mol. The molecule has 8 bridgehead atoms. The van der Waals surface area contributed by atoms with Crippen LogP contribution in [-0.2, 0) is 0 Å². The molecule has 4 unspecified atom stereocenters. The van der Waals surface area contributed by atoms with Gasteiger partial charge in [0.15, 0.2) is 0 Å². The van der Waals surface area contributed by atoms with Gasteiger partial charge in [-0.25, -0.2) is 0 Å². The molecule has 4 nitrogen and oxygen atoms in total. The molecule has 7 aromatic rings. The maximum Gasteiger partial charge on any atom is 0.136 e. The van der Waals surface area contributed by atoms with E-state index in [2.05, 4.69) is 47.1 Å². The summed E-state index contributed by atoms with van der Waals surface area (Å²) in [5.41, 5.74) is 12.1. The zero-order valence-corrected chi connectivity index (χ0v) is 25.0. The average molecular weight is 574 g/mol. The van der Waals surface area contributed by atoms with E-state index in [9.17, 15) is 0 Å². The minimum atomic E-state index is 0.627. The van der Waals surface area contributed by atoms with Gasteiger partial charge in [0.2, 0.25) is 0 Å². The summed E-state index contributed by atoms with van der Waals surface area (Å²) in [6, 6.07) is 11.2. The van der Waals surface area contributed by atoms with E-state index in [1.165, 1.54) is 124 Å². The predicted octanol–water partition coefficient (Wildman–Crippen LogP) is 10.3. The first kappa shape index (κ1) is 22.8. The van der Waals surface area contributed by atoms with Crippen LogP contribution in [0.2, 0.25) is 0 Å². The number of benzene rings is 2. The first-order valence-corrected chi connectivity index (χ1v) is 17.6. The molecule has 0 amide bonds.